The van der Waals surface area contributed by atoms with E-state index < -0.39 is 16.1 Å². The van der Waals surface area contributed by atoms with Crippen LogP contribution in [-0.4, -0.2) is 37.9 Å². The lowest BCUT2D eigenvalue weighted by molar-refractivity contribution is -0.135. The number of piperidine rings is 1. The van der Waals surface area contributed by atoms with Crippen molar-refractivity contribution in [2.75, 3.05) is 6.54 Å². The number of sulfonamides is 1. The zero-order chi connectivity index (χ0) is 16.3. The molecule has 1 amide bonds. The molecule has 6 heteroatoms. The van der Waals surface area contributed by atoms with Crippen LogP contribution in [0.3, 0.4) is 0 Å². The van der Waals surface area contributed by atoms with Crippen LogP contribution in [0.15, 0.2) is 29.2 Å². The molecule has 0 radical (unpaired) electrons. The van der Waals surface area contributed by atoms with Gasteiger partial charge in [0.1, 0.15) is 0 Å². The van der Waals surface area contributed by atoms with Gasteiger partial charge in [0.15, 0.2) is 0 Å². The Morgan fingerprint density at radius 2 is 1.91 bits per heavy atom. The zero-order valence-corrected chi connectivity index (χ0v) is 14.2. The highest BCUT2D eigenvalue weighted by molar-refractivity contribution is 7.89. The SMILES string of the molecule is Cc1ccc(S(=O)(=O)NC(C)C(=O)N2CCCCC2C)cc1. The number of benzene rings is 1. The molecule has 1 heterocycles. The molecule has 5 nitrogen and oxygen atoms in total. The number of aryl methyl sites for hydroxylation is 1. The van der Waals surface area contributed by atoms with Crippen LogP contribution in [0.2, 0.25) is 0 Å². The van der Waals surface area contributed by atoms with E-state index in [1.165, 1.54) is 0 Å². The van der Waals surface area contributed by atoms with Gasteiger partial charge in [0, 0.05) is 12.6 Å². The van der Waals surface area contributed by atoms with Gasteiger partial charge < -0.3 is 4.90 Å². The van der Waals surface area contributed by atoms with E-state index in [1.54, 1.807) is 36.1 Å². The van der Waals surface area contributed by atoms with Crippen LogP contribution in [0.1, 0.15) is 38.7 Å². The largest absolute Gasteiger partial charge is 0.339 e. The summed E-state index contributed by atoms with van der Waals surface area (Å²) in [5, 5.41) is 0. The number of carbonyl (C=O) groups excluding carboxylic acids is 1. The molecule has 1 saturated heterocycles. The van der Waals surface area contributed by atoms with Gasteiger partial charge in [0.25, 0.3) is 0 Å². The average Bonchev–Trinajstić information content (AvgIpc) is 2.47. The van der Waals surface area contributed by atoms with Gasteiger partial charge in [-0.05, 0) is 52.2 Å². The van der Waals surface area contributed by atoms with Crippen LogP contribution in [0.5, 0.6) is 0 Å². The number of carbonyl (C=O) groups is 1. The third-order valence-electron chi connectivity index (χ3n) is 4.12. The molecule has 2 atom stereocenters. The maximum absolute atomic E-state index is 12.5. The predicted octanol–water partition coefficient (Wildman–Crippen LogP) is 2.06. The van der Waals surface area contributed by atoms with Gasteiger partial charge in [0.2, 0.25) is 15.9 Å². The van der Waals surface area contributed by atoms with Crippen molar-refractivity contribution in [3.63, 3.8) is 0 Å². The smallest absolute Gasteiger partial charge is 0.241 e. The van der Waals surface area contributed by atoms with E-state index in [4.69, 9.17) is 0 Å². The quantitative estimate of drug-likeness (QED) is 0.922. The molecule has 122 valence electrons. The number of rotatable bonds is 4. The summed E-state index contributed by atoms with van der Waals surface area (Å²) in [6.45, 7) is 6.22. The van der Waals surface area contributed by atoms with Crippen molar-refractivity contribution in [2.24, 2.45) is 0 Å². The van der Waals surface area contributed by atoms with Gasteiger partial charge in [-0.3, -0.25) is 4.79 Å². The average molecular weight is 324 g/mol. The second-order valence-corrected chi connectivity index (χ2v) is 7.75. The fourth-order valence-corrected chi connectivity index (χ4v) is 3.94. The monoisotopic (exact) mass is 324 g/mol. The first-order chi connectivity index (χ1) is 10.3. The Morgan fingerprint density at radius 1 is 1.27 bits per heavy atom. The van der Waals surface area contributed by atoms with Crippen LogP contribution in [0.4, 0.5) is 0 Å². The Labute approximate surface area is 132 Å². The number of likely N-dealkylation sites (tertiary alicyclic amines) is 1. The first-order valence-electron chi connectivity index (χ1n) is 7.71. The summed E-state index contributed by atoms with van der Waals surface area (Å²) in [6.07, 6.45) is 3.07. The molecule has 22 heavy (non-hydrogen) atoms. The summed E-state index contributed by atoms with van der Waals surface area (Å²) in [7, 11) is -3.67. The van der Waals surface area contributed by atoms with Crippen molar-refractivity contribution in [2.45, 2.75) is 57.0 Å². The number of nitrogens with zero attached hydrogens (tertiary/aromatic N) is 1. The molecule has 1 aromatic rings. The molecular weight excluding hydrogens is 300 g/mol. The van der Waals surface area contributed by atoms with Gasteiger partial charge in [-0.15, -0.1) is 0 Å². The Balaban J connectivity index is 2.08. The highest BCUT2D eigenvalue weighted by atomic mass is 32.2. The molecule has 1 aliphatic heterocycles. The molecule has 0 saturated carbocycles. The highest BCUT2D eigenvalue weighted by Crippen LogP contribution is 2.18. The maximum Gasteiger partial charge on any atom is 0.241 e. The van der Waals surface area contributed by atoms with E-state index in [1.807, 2.05) is 13.8 Å². The number of nitrogens with one attached hydrogen (secondary N) is 1. The molecule has 0 spiro atoms. The van der Waals surface area contributed by atoms with E-state index in [-0.39, 0.29) is 16.8 Å². The molecule has 1 N–H and O–H groups in total. The first-order valence-corrected chi connectivity index (χ1v) is 9.19. The third-order valence-corrected chi connectivity index (χ3v) is 5.68. The van der Waals surface area contributed by atoms with Gasteiger partial charge in [0.05, 0.1) is 10.9 Å². The van der Waals surface area contributed by atoms with Crippen molar-refractivity contribution < 1.29 is 13.2 Å². The molecule has 1 fully saturated rings. The summed E-state index contributed by atoms with van der Waals surface area (Å²) in [4.78, 5) is 14.4. The lowest BCUT2D eigenvalue weighted by atomic mass is 10.0. The van der Waals surface area contributed by atoms with Gasteiger partial charge in [-0.25, -0.2) is 8.42 Å². The molecular formula is C16H24N2O3S. The van der Waals surface area contributed by atoms with Crippen molar-refractivity contribution in [3.05, 3.63) is 29.8 Å². The van der Waals surface area contributed by atoms with Crippen LogP contribution >= 0.6 is 0 Å². The fraction of sp³-hybridized carbons (Fsp3) is 0.562. The Kier molecular flexibility index (Phi) is 5.24. The lowest BCUT2D eigenvalue weighted by Gasteiger charge is -2.35. The Hall–Kier alpha value is -1.40. The van der Waals surface area contributed by atoms with Crippen molar-refractivity contribution in [1.82, 2.24) is 9.62 Å². The number of amides is 1. The van der Waals surface area contributed by atoms with Crippen molar-refractivity contribution >= 4 is 15.9 Å². The molecule has 0 aromatic heterocycles. The van der Waals surface area contributed by atoms with Crippen molar-refractivity contribution in [1.29, 1.82) is 0 Å². The molecule has 1 aliphatic rings. The standard InChI is InChI=1S/C16H24N2O3S/c1-12-7-9-15(10-8-12)22(20,21)17-14(3)16(19)18-11-5-4-6-13(18)2/h7-10,13-14,17H,4-6,11H2,1-3H3. The number of hydrogen-bond acceptors (Lipinski definition) is 3. The normalized spacial score (nSPS) is 20.7. The minimum Gasteiger partial charge on any atom is -0.339 e. The van der Waals surface area contributed by atoms with Gasteiger partial charge in [-0.2, -0.15) is 4.72 Å². The molecule has 2 rings (SSSR count). The highest BCUT2D eigenvalue weighted by Gasteiger charge is 2.29. The summed E-state index contributed by atoms with van der Waals surface area (Å²) >= 11 is 0. The second-order valence-electron chi connectivity index (χ2n) is 6.03. The van der Waals surface area contributed by atoms with E-state index >= 15 is 0 Å². The third kappa shape index (κ3) is 3.87. The minimum absolute atomic E-state index is 0.150. The molecule has 0 bridgehead atoms. The topological polar surface area (TPSA) is 66.5 Å². The van der Waals surface area contributed by atoms with E-state index in [2.05, 4.69) is 4.72 Å². The minimum atomic E-state index is -3.67. The number of hydrogen-bond donors (Lipinski definition) is 1. The predicted molar refractivity (Wildman–Crippen MR) is 86.0 cm³/mol. The maximum atomic E-state index is 12.5. The summed E-state index contributed by atoms with van der Waals surface area (Å²) in [5.74, 6) is -0.150. The zero-order valence-electron chi connectivity index (χ0n) is 13.4. The summed E-state index contributed by atoms with van der Waals surface area (Å²) in [5.41, 5.74) is 0.991. The summed E-state index contributed by atoms with van der Waals surface area (Å²) < 4.78 is 27.2. The van der Waals surface area contributed by atoms with E-state index in [0.29, 0.717) is 6.54 Å². The molecule has 2 unspecified atom stereocenters. The summed E-state index contributed by atoms with van der Waals surface area (Å²) in [6, 6.07) is 6.01. The lowest BCUT2D eigenvalue weighted by Crippen LogP contribution is -2.51. The van der Waals surface area contributed by atoms with E-state index in [9.17, 15) is 13.2 Å². The Bertz CT molecular complexity index is 625. The van der Waals surface area contributed by atoms with Gasteiger partial charge in [-0.1, -0.05) is 17.7 Å². The Morgan fingerprint density at radius 3 is 2.50 bits per heavy atom. The fourth-order valence-electron chi connectivity index (χ4n) is 2.74. The van der Waals surface area contributed by atoms with Gasteiger partial charge >= 0.3 is 0 Å². The van der Waals surface area contributed by atoms with Crippen LogP contribution in [-0.2, 0) is 14.8 Å². The first kappa shape index (κ1) is 17.0. The van der Waals surface area contributed by atoms with Crippen LogP contribution in [0.25, 0.3) is 0 Å². The van der Waals surface area contributed by atoms with E-state index in [0.717, 1.165) is 24.8 Å². The van der Waals surface area contributed by atoms with Crippen LogP contribution < -0.4 is 4.72 Å². The molecule has 1 aromatic carbocycles. The molecule has 0 aliphatic carbocycles. The van der Waals surface area contributed by atoms with Crippen molar-refractivity contribution in [3.8, 4) is 0 Å². The van der Waals surface area contributed by atoms with Crippen LogP contribution in [0, 0.1) is 6.92 Å². The second kappa shape index (κ2) is 6.79.